The molecular weight excluding hydrogens is 400 g/mol. The third-order valence-electron chi connectivity index (χ3n) is 4.51. The normalized spacial score (nSPS) is 11.0. The minimum Gasteiger partial charge on any atom is -0.455 e. The lowest BCUT2D eigenvalue weighted by atomic mass is 10.2. The molecule has 3 rings (SSSR count). The number of hydrogen-bond donors (Lipinski definition) is 1. The van der Waals surface area contributed by atoms with E-state index in [1.807, 2.05) is 42.5 Å². The van der Waals surface area contributed by atoms with E-state index in [1.54, 1.807) is 50.2 Å². The van der Waals surface area contributed by atoms with Gasteiger partial charge in [0, 0.05) is 12.1 Å². The van der Waals surface area contributed by atoms with Gasteiger partial charge in [-0.15, -0.1) is 0 Å². The first-order valence-electron chi connectivity index (χ1n) is 9.68. The lowest BCUT2D eigenvalue weighted by Crippen LogP contribution is -2.32. The van der Waals surface area contributed by atoms with Crippen LogP contribution in [0.5, 0.6) is 11.5 Å². The third-order valence-corrected chi connectivity index (χ3v) is 6.38. The SMILES string of the molecule is CCN(c1ccc(C(=O)Nc2ccccc2Oc2ccccc2)cc1)S(=O)(=O)CC. The molecule has 30 heavy (non-hydrogen) atoms. The zero-order valence-electron chi connectivity index (χ0n) is 16.9. The summed E-state index contributed by atoms with van der Waals surface area (Å²) >= 11 is 0. The number of benzene rings is 3. The summed E-state index contributed by atoms with van der Waals surface area (Å²) in [6.07, 6.45) is 0. The maximum Gasteiger partial charge on any atom is 0.255 e. The highest BCUT2D eigenvalue weighted by molar-refractivity contribution is 7.92. The second kappa shape index (κ2) is 9.45. The molecule has 1 N–H and O–H groups in total. The summed E-state index contributed by atoms with van der Waals surface area (Å²) in [6.45, 7) is 3.71. The lowest BCUT2D eigenvalue weighted by Gasteiger charge is -2.22. The van der Waals surface area contributed by atoms with Crippen LogP contribution in [0.1, 0.15) is 24.2 Å². The van der Waals surface area contributed by atoms with Crippen LogP contribution in [0.3, 0.4) is 0 Å². The number of ether oxygens (including phenoxy) is 1. The molecule has 0 saturated heterocycles. The number of sulfonamides is 1. The van der Waals surface area contributed by atoms with Gasteiger partial charge in [0.1, 0.15) is 5.75 Å². The van der Waals surface area contributed by atoms with Gasteiger partial charge in [-0.05, 0) is 62.4 Å². The van der Waals surface area contributed by atoms with Gasteiger partial charge in [0.2, 0.25) is 10.0 Å². The Morgan fingerprint density at radius 3 is 2.17 bits per heavy atom. The maximum absolute atomic E-state index is 12.7. The van der Waals surface area contributed by atoms with E-state index in [2.05, 4.69) is 5.32 Å². The second-order valence-electron chi connectivity index (χ2n) is 6.48. The summed E-state index contributed by atoms with van der Waals surface area (Å²) in [5.74, 6) is 0.897. The van der Waals surface area contributed by atoms with Crippen molar-refractivity contribution in [2.75, 3.05) is 21.9 Å². The molecule has 0 radical (unpaired) electrons. The van der Waals surface area contributed by atoms with Gasteiger partial charge in [0.25, 0.3) is 5.91 Å². The average Bonchev–Trinajstić information content (AvgIpc) is 2.76. The fourth-order valence-corrected chi connectivity index (χ4v) is 4.09. The molecule has 0 fully saturated rings. The summed E-state index contributed by atoms with van der Waals surface area (Å²) in [6, 6.07) is 23.0. The average molecular weight is 425 g/mol. The molecule has 0 aliphatic rings. The van der Waals surface area contributed by atoms with Crippen LogP contribution in [0.25, 0.3) is 0 Å². The van der Waals surface area contributed by atoms with Crippen molar-refractivity contribution in [3.63, 3.8) is 0 Å². The van der Waals surface area contributed by atoms with E-state index >= 15 is 0 Å². The second-order valence-corrected chi connectivity index (χ2v) is 8.66. The monoisotopic (exact) mass is 424 g/mol. The van der Waals surface area contributed by atoms with E-state index in [9.17, 15) is 13.2 Å². The van der Waals surface area contributed by atoms with Gasteiger partial charge in [-0.1, -0.05) is 30.3 Å². The van der Waals surface area contributed by atoms with Gasteiger partial charge < -0.3 is 10.1 Å². The highest BCUT2D eigenvalue weighted by Gasteiger charge is 2.19. The predicted octanol–water partition coefficient (Wildman–Crippen LogP) is 4.91. The summed E-state index contributed by atoms with van der Waals surface area (Å²) in [5.41, 5.74) is 1.49. The fourth-order valence-electron chi connectivity index (χ4n) is 2.94. The Morgan fingerprint density at radius 2 is 1.53 bits per heavy atom. The van der Waals surface area contributed by atoms with Crippen molar-refractivity contribution in [3.05, 3.63) is 84.4 Å². The summed E-state index contributed by atoms with van der Waals surface area (Å²) in [4.78, 5) is 12.7. The van der Waals surface area contributed by atoms with Crippen molar-refractivity contribution in [2.45, 2.75) is 13.8 Å². The Bertz CT molecular complexity index is 1100. The van der Waals surface area contributed by atoms with E-state index < -0.39 is 10.0 Å². The molecule has 0 spiro atoms. The van der Waals surface area contributed by atoms with Gasteiger partial charge >= 0.3 is 0 Å². The van der Waals surface area contributed by atoms with Crippen molar-refractivity contribution >= 4 is 27.3 Å². The molecular formula is C23H24N2O4S. The minimum absolute atomic E-state index is 0.0152. The number of anilines is 2. The number of carbonyl (C=O) groups is 1. The molecule has 156 valence electrons. The molecule has 0 heterocycles. The maximum atomic E-state index is 12.7. The van der Waals surface area contributed by atoms with E-state index in [-0.39, 0.29) is 11.7 Å². The van der Waals surface area contributed by atoms with Crippen molar-refractivity contribution < 1.29 is 17.9 Å². The smallest absolute Gasteiger partial charge is 0.255 e. The third kappa shape index (κ3) is 4.99. The minimum atomic E-state index is -3.36. The lowest BCUT2D eigenvalue weighted by molar-refractivity contribution is 0.102. The molecule has 3 aromatic carbocycles. The quantitative estimate of drug-likeness (QED) is 0.558. The Morgan fingerprint density at radius 1 is 0.900 bits per heavy atom. The summed E-state index contributed by atoms with van der Waals surface area (Å²) in [5, 5.41) is 2.86. The fraction of sp³-hybridized carbons (Fsp3) is 0.174. The highest BCUT2D eigenvalue weighted by atomic mass is 32.2. The number of carbonyl (C=O) groups excluding carboxylic acids is 1. The summed E-state index contributed by atoms with van der Waals surface area (Å²) in [7, 11) is -3.36. The highest BCUT2D eigenvalue weighted by Crippen LogP contribution is 2.29. The Balaban J connectivity index is 1.77. The number of nitrogens with one attached hydrogen (secondary N) is 1. The van der Waals surface area contributed by atoms with Crippen molar-refractivity contribution in [2.24, 2.45) is 0 Å². The molecule has 0 aliphatic heterocycles. The van der Waals surface area contributed by atoms with E-state index in [0.29, 0.717) is 35.0 Å². The first-order valence-corrected chi connectivity index (χ1v) is 11.3. The van der Waals surface area contributed by atoms with Crippen LogP contribution >= 0.6 is 0 Å². The topological polar surface area (TPSA) is 75.7 Å². The number of nitrogens with zero attached hydrogens (tertiary/aromatic N) is 1. The van der Waals surface area contributed by atoms with E-state index in [1.165, 1.54) is 4.31 Å². The van der Waals surface area contributed by atoms with Crippen LogP contribution in [0.2, 0.25) is 0 Å². The predicted molar refractivity (Wildman–Crippen MR) is 120 cm³/mol. The molecule has 0 unspecified atom stereocenters. The van der Waals surface area contributed by atoms with Crippen LogP contribution in [0.15, 0.2) is 78.9 Å². The first-order chi connectivity index (χ1) is 14.4. The van der Waals surface area contributed by atoms with E-state index in [4.69, 9.17) is 4.74 Å². The molecule has 0 bridgehead atoms. The molecule has 0 saturated carbocycles. The van der Waals surface area contributed by atoms with Crippen molar-refractivity contribution in [3.8, 4) is 11.5 Å². The van der Waals surface area contributed by atoms with Crippen LogP contribution in [-0.2, 0) is 10.0 Å². The van der Waals surface area contributed by atoms with Gasteiger partial charge in [-0.2, -0.15) is 0 Å². The number of rotatable bonds is 8. The van der Waals surface area contributed by atoms with Crippen molar-refractivity contribution in [1.29, 1.82) is 0 Å². The van der Waals surface area contributed by atoms with Crippen LogP contribution in [0, 0.1) is 0 Å². The Labute approximate surface area is 177 Å². The Hall–Kier alpha value is -3.32. The molecule has 0 aliphatic carbocycles. The van der Waals surface area contributed by atoms with E-state index in [0.717, 1.165) is 0 Å². The largest absolute Gasteiger partial charge is 0.455 e. The molecule has 0 aromatic heterocycles. The van der Waals surface area contributed by atoms with Crippen LogP contribution < -0.4 is 14.4 Å². The van der Waals surface area contributed by atoms with Gasteiger partial charge in [0.15, 0.2) is 5.75 Å². The molecule has 6 nitrogen and oxygen atoms in total. The molecule has 3 aromatic rings. The summed E-state index contributed by atoms with van der Waals surface area (Å²) < 4.78 is 31.6. The van der Waals surface area contributed by atoms with Crippen LogP contribution in [-0.4, -0.2) is 26.6 Å². The number of amides is 1. The van der Waals surface area contributed by atoms with Gasteiger partial charge in [-0.3, -0.25) is 9.10 Å². The van der Waals surface area contributed by atoms with Crippen molar-refractivity contribution in [1.82, 2.24) is 0 Å². The number of hydrogen-bond acceptors (Lipinski definition) is 4. The zero-order valence-corrected chi connectivity index (χ0v) is 17.7. The van der Waals surface area contributed by atoms with Gasteiger partial charge in [-0.25, -0.2) is 8.42 Å². The standard InChI is InChI=1S/C23H24N2O4S/c1-3-25(30(27,28)4-2)19-16-14-18(15-17-19)23(26)24-21-12-8-9-13-22(21)29-20-10-6-5-7-11-20/h5-17H,3-4H2,1-2H3,(H,24,26). The van der Waals surface area contributed by atoms with Crippen LogP contribution in [0.4, 0.5) is 11.4 Å². The van der Waals surface area contributed by atoms with Gasteiger partial charge in [0.05, 0.1) is 17.1 Å². The zero-order chi connectivity index (χ0) is 21.6. The molecule has 1 amide bonds. The molecule has 0 atom stereocenters. The molecule has 7 heteroatoms. The number of para-hydroxylation sites is 3. The first kappa shape index (κ1) is 21.4. The Kier molecular flexibility index (Phi) is 6.74.